The summed E-state index contributed by atoms with van der Waals surface area (Å²) in [5.74, 6) is 0.435. The largest absolute Gasteiger partial charge is 0.410 e. The Balaban J connectivity index is 2.17. The summed E-state index contributed by atoms with van der Waals surface area (Å²) in [4.78, 5) is 0.828. The van der Waals surface area contributed by atoms with E-state index in [9.17, 15) is 0 Å². The Morgan fingerprint density at radius 2 is 2.38 bits per heavy atom. The first-order chi connectivity index (χ1) is 7.69. The highest BCUT2D eigenvalue weighted by Crippen LogP contribution is 2.32. The van der Waals surface area contributed by atoms with Gasteiger partial charge in [-0.1, -0.05) is 11.6 Å². The van der Waals surface area contributed by atoms with Crippen LogP contribution in [-0.4, -0.2) is 15.4 Å². The Morgan fingerprint density at radius 3 is 3.00 bits per heavy atom. The Kier molecular flexibility index (Phi) is 3.49. The van der Waals surface area contributed by atoms with Gasteiger partial charge in [0, 0.05) is 0 Å². The summed E-state index contributed by atoms with van der Waals surface area (Å²) in [5, 5.41) is 16.6. The average molecular weight is 272 g/mol. The highest BCUT2D eigenvalue weighted by molar-refractivity contribution is 7.99. The number of hydrogen-bond acceptors (Lipinski definition) is 6. The van der Waals surface area contributed by atoms with E-state index in [2.05, 4.69) is 16.3 Å². The van der Waals surface area contributed by atoms with Crippen LogP contribution >= 0.6 is 34.7 Å². The lowest BCUT2D eigenvalue weighted by Gasteiger charge is -1.93. The van der Waals surface area contributed by atoms with Gasteiger partial charge >= 0.3 is 0 Å². The van der Waals surface area contributed by atoms with Crippen molar-refractivity contribution in [2.75, 3.05) is 0 Å². The van der Waals surface area contributed by atoms with Crippen LogP contribution in [0.2, 0.25) is 4.34 Å². The molecule has 0 saturated carbocycles. The molecule has 4 nitrogen and oxygen atoms in total. The minimum absolute atomic E-state index is 0.208. The first kappa shape index (κ1) is 11.5. The molecule has 2 aromatic heterocycles. The molecule has 0 aliphatic carbocycles. The van der Waals surface area contributed by atoms with Gasteiger partial charge in [-0.25, -0.2) is 0 Å². The standard InChI is InChI=1S/C9H6ClN3OS2/c1-5(4-11)15-9-13-12-8(14-9)6-2-3-7(10)16-6/h2-3,5H,1H3/t5-/m0/s1. The van der Waals surface area contributed by atoms with Crippen LogP contribution in [0.4, 0.5) is 0 Å². The molecule has 1 atom stereocenters. The zero-order valence-corrected chi connectivity index (χ0v) is 10.6. The van der Waals surface area contributed by atoms with Crippen molar-refractivity contribution in [3.63, 3.8) is 0 Å². The fourth-order valence-corrected chi connectivity index (χ4v) is 2.50. The molecule has 0 spiro atoms. The SMILES string of the molecule is C[C@@H](C#N)Sc1nnc(-c2ccc(Cl)s2)o1. The van der Waals surface area contributed by atoms with Gasteiger partial charge in [0.2, 0.25) is 0 Å². The van der Waals surface area contributed by atoms with Gasteiger partial charge in [-0.3, -0.25) is 0 Å². The van der Waals surface area contributed by atoms with Crippen LogP contribution in [0, 0.1) is 11.3 Å². The number of nitrogens with zero attached hydrogens (tertiary/aromatic N) is 3. The third-order valence-corrected chi connectivity index (χ3v) is 3.69. The lowest BCUT2D eigenvalue weighted by atomic mass is 10.5. The normalized spacial score (nSPS) is 12.3. The molecular formula is C9H6ClN3OS2. The summed E-state index contributed by atoms with van der Waals surface area (Å²) in [7, 11) is 0. The maximum atomic E-state index is 8.65. The van der Waals surface area contributed by atoms with Gasteiger partial charge in [-0.15, -0.1) is 21.5 Å². The second-order valence-electron chi connectivity index (χ2n) is 2.87. The van der Waals surface area contributed by atoms with Crippen molar-refractivity contribution in [2.45, 2.75) is 17.4 Å². The molecule has 0 aromatic carbocycles. The maximum Gasteiger partial charge on any atom is 0.278 e. The van der Waals surface area contributed by atoms with Crippen LogP contribution < -0.4 is 0 Å². The molecule has 0 radical (unpaired) electrons. The molecule has 0 bridgehead atoms. The van der Waals surface area contributed by atoms with Crippen LogP contribution in [0.15, 0.2) is 21.8 Å². The second kappa shape index (κ2) is 4.87. The summed E-state index contributed by atoms with van der Waals surface area (Å²) in [5.41, 5.74) is 0. The van der Waals surface area contributed by atoms with E-state index in [1.807, 2.05) is 6.07 Å². The van der Waals surface area contributed by atoms with Gasteiger partial charge in [0.05, 0.1) is 20.5 Å². The fourth-order valence-electron chi connectivity index (χ4n) is 0.964. The number of rotatable bonds is 3. The third-order valence-electron chi connectivity index (χ3n) is 1.65. The van der Waals surface area contributed by atoms with Crippen molar-refractivity contribution in [2.24, 2.45) is 0 Å². The van der Waals surface area contributed by atoms with E-state index in [1.165, 1.54) is 23.1 Å². The highest BCUT2D eigenvalue weighted by atomic mass is 35.5. The van der Waals surface area contributed by atoms with Crippen LogP contribution in [-0.2, 0) is 0 Å². The molecule has 0 aliphatic rings. The van der Waals surface area contributed by atoms with Crippen LogP contribution in [0.3, 0.4) is 0 Å². The number of thiophene rings is 1. The molecule has 0 fully saturated rings. The van der Waals surface area contributed by atoms with Gasteiger partial charge in [0.25, 0.3) is 11.1 Å². The van der Waals surface area contributed by atoms with Crippen LogP contribution in [0.25, 0.3) is 10.8 Å². The zero-order chi connectivity index (χ0) is 11.5. The number of aromatic nitrogens is 2. The Labute approximate surface area is 105 Å². The molecule has 82 valence electrons. The van der Waals surface area contributed by atoms with Crippen molar-refractivity contribution in [1.82, 2.24) is 10.2 Å². The van der Waals surface area contributed by atoms with Crippen molar-refractivity contribution < 1.29 is 4.42 Å². The van der Waals surface area contributed by atoms with Gasteiger partial charge in [0.1, 0.15) is 0 Å². The summed E-state index contributed by atoms with van der Waals surface area (Å²) in [6.45, 7) is 1.77. The minimum Gasteiger partial charge on any atom is -0.410 e. The highest BCUT2D eigenvalue weighted by Gasteiger charge is 2.13. The smallest absolute Gasteiger partial charge is 0.278 e. The Bertz CT molecular complexity index is 531. The van der Waals surface area contributed by atoms with E-state index in [0.29, 0.717) is 15.4 Å². The molecule has 0 unspecified atom stereocenters. The van der Waals surface area contributed by atoms with Crippen molar-refractivity contribution in [1.29, 1.82) is 5.26 Å². The molecule has 2 heterocycles. The van der Waals surface area contributed by atoms with Gasteiger partial charge in [0.15, 0.2) is 0 Å². The average Bonchev–Trinajstić information content (AvgIpc) is 2.87. The molecule has 2 rings (SSSR count). The quantitative estimate of drug-likeness (QED) is 0.800. The molecular weight excluding hydrogens is 266 g/mol. The molecule has 16 heavy (non-hydrogen) atoms. The molecule has 0 saturated heterocycles. The van der Waals surface area contributed by atoms with Gasteiger partial charge < -0.3 is 4.42 Å². The van der Waals surface area contributed by atoms with Crippen molar-refractivity contribution in [3.05, 3.63) is 16.5 Å². The fraction of sp³-hybridized carbons (Fsp3) is 0.222. The maximum absolute atomic E-state index is 8.65. The topological polar surface area (TPSA) is 62.7 Å². The van der Waals surface area contributed by atoms with E-state index >= 15 is 0 Å². The predicted molar refractivity (Wildman–Crippen MR) is 63.6 cm³/mol. The monoisotopic (exact) mass is 271 g/mol. The lowest BCUT2D eigenvalue weighted by Crippen LogP contribution is -1.88. The summed E-state index contributed by atoms with van der Waals surface area (Å²) < 4.78 is 6.07. The molecule has 0 amide bonds. The molecule has 0 aliphatic heterocycles. The summed E-state index contributed by atoms with van der Waals surface area (Å²) in [6.07, 6.45) is 0. The van der Waals surface area contributed by atoms with E-state index < -0.39 is 0 Å². The molecule has 7 heteroatoms. The van der Waals surface area contributed by atoms with E-state index in [4.69, 9.17) is 21.3 Å². The number of hydrogen-bond donors (Lipinski definition) is 0. The first-order valence-corrected chi connectivity index (χ1v) is 6.42. The lowest BCUT2D eigenvalue weighted by molar-refractivity contribution is 0.466. The number of nitriles is 1. The van der Waals surface area contributed by atoms with Gasteiger partial charge in [-0.2, -0.15) is 5.26 Å². The van der Waals surface area contributed by atoms with E-state index in [1.54, 1.807) is 13.0 Å². The Morgan fingerprint density at radius 1 is 1.56 bits per heavy atom. The van der Waals surface area contributed by atoms with Crippen molar-refractivity contribution in [3.8, 4) is 16.8 Å². The first-order valence-electron chi connectivity index (χ1n) is 4.34. The second-order valence-corrected chi connectivity index (χ2v) is 5.87. The summed E-state index contributed by atoms with van der Waals surface area (Å²) >= 11 is 8.41. The minimum atomic E-state index is -0.208. The van der Waals surface area contributed by atoms with E-state index in [-0.39, 0.29) is 5.25 Å². The third kappa shape index (κ3) is 2.55. The van der Waals surface area contributed by atoms with Crippen molar-refractivity contribution >= 4 is 34.7 Å². The summed E-state index contributed by atoms with van der Waals surface area (Å²) in [6, 6.07) is 5.68. The predicted octanol–water partition coefficient (Wildman–Crippen LogP) is 3.46. The Hall–Kier alpha value is -1.03. The molecule has 0 N–H and O–H groups in total. The molecule has 2 aromatic rings. The zero-order valence-electron chi connectivity index (χ0n) is 8.18. The number of halogens is 1. The number of thioether (sulfide) groups is 1. The van der Waals surface area contributed by atoms with Crippen LogP contribution in [0.1, 0.15) is 6.92 Å². The van der Waals surface area contributed by atoms with Gasteiger partial charge in [-0.05, 0) is 30.8 Å². The van der Waals surface area contributed by atoms with Crippen LogP contribution in [0.5, 0.6) is 0 Å². The van der Waals surface area contributed by atoms with E-state index in [0.717, 1.165) is 4.88 Å².